The van der Waals surface area contributed by atoms with Crippen molar-refractivity contribution in [1.82, 2.24) is 4.98 Å². The molecule has 140 valence electrons. The number of carbonyl (C=O) groups is 2. The summed E-state index contributed by atoms with van der Waals surface area (Å²) in [4.78, 5) is 31.9. The van der Waals surface area contributed by atoms with Crippen LogP contribution in [0.25, 0.3) is 10.6 Å². The summed E-state index contributed by atoms with van der Waals surface area (Å²) in [6, 6.07) is 8.42. The Hall–Kier alpha value is -1.85. The molecular weight excluding hydrogens is 358 g/mol. The van der Waals surface area contributed by atoms with Crippen molar-refractivity contribution in [2.24, 2.45) is 11.8 Å². The summed E-state index contributed by atoms with van der Waals surface area (Å²) in [5, 5.41) is 0.884. The zero-order valence-electron chi connectivity index (χ0n) is 15.8. The molecule has 3 aliphatic rings. The van der Waals surface area contributed by atoms with Crippen molar-refractivity contribution in [3.63, 3.8) is 0 Å². The smallest absolute Gasteiger partial charge is 0.155 e. The van der Waals surface area contributed by atoms with E-state index < -0.39 is 5.92 Å². The monoisotopic (exact) mass is 381 g/mol. The standard InChI is InChI=1S/C22H23NO3S/c1-10(2)12-4-6-13(7-5-12)22-23-19(11(3)27-22)18-20(24)16-14-8-9-15(26-14)17(16)21(18)25/h4-7,10,14-18H,8-9H2,1-3H3/t14?,15?,16-,17+,18?. The van der Waals surface area contributed by atoms with E-state index in [0.717, 1.165) is 28.3 Å². The molecule has 3 fully saturated rings. The fourth-order valence-electron chi connectivity index (χ4n) is 5.01. The first kappa shape index (κ1) is 17.3. The highest BCUT2D eigenvalue weighted by molar-refractivity contribution is 7.15. The Labute approximate surface area is 163 Å². The number of carbonyl (C=O) groups excluding carboxylic acids is 2. The summed E-state index contributed by atoms with van der Waals surface area (Å²) < 4.78 is 5.84. The van der Waals surface area contributed by atoms with Crippen molar-refractivity contribution in [2.75, 3.05) is 0 Å². The molecule has 2 saturated heterocycles. The van der Waals surface area contributed by atoms with Gasteiger partial charge in [0.25, 0.3) is 0 Å². The average molecular weight is 381 g/mol. The van der Waals surface area contributed by atoms with Crippen LogP contribution >= 0.6 is 11.3 Å². The zero-order valence-corrected chi connectivity index (χ0v) is 16.6. The van der Waals surface area contributed by atoms with Gasteiger partial charge in [-0.3, -0.25) is 9.59 Å². The van der Waals surface area contributed by atoms with Crippen LogP contribution in [0.3, 0.4) is 0 Å². The summed E-state index contributed by atoms with van der Waals surface area (Å²) in [5.74, 6) is -0.614. The maximum atomic E-state index is 13.1. The van der Waals surface area contributed by atoms with E-state index >= 15 is 0 Å². The van der Waals surface area contributed by atoms with E-state index in [1.807, 2.05) is 6.92 Å². The first-order valence-corrected chi connectivity index (χ1v) is 10.6. The molecule has 4 nitrogen and oxygen atoms in total. The van der Waals surface area contributed by atoms with Crippen LogP contribution < -0.4 is 0 Å². The van der Waals surface area contributed by atoms with Gasteiger partial charge in [-0.15, -0.1) is 11.3 Å². The van der Waals surface area contributed by atoms with Gasteiger partial charge in [-0.05, 0) is 31.2 Å². The van der Waals surface area contributed by atoms with Gasteiger partial charge >= 0.3 is 0 Å². The van der Waals surface area contributed by atoms with Crippen LogP contribution in [0.15, 0.2) is 24.3 Å². The summed E-state index contributed by atoms with van der Waals surface area (Å²) in [6.07, 6.45) is 1.70. The van der Waals surface area contributed by atoms with Gasteiger partial charge in [0.2, 0.25) is 0 Å². The lowest BCUT2D eigenvalue weighted by atomic mass is 9.81. The van der Waals surface area contributed by atoms with Crippen molar-refractivity contribution >= 4 is 22.9 Å². The van der Waals surface area contributed by atoms with Crippen molar-refractivity contribution < 1.29 is 14.3 Å². The fourth-order valence-corrected chi connectivity index (χ4v) is 5.96. The maximum absolute atomic E-state index is 13.1. The van der Waals surface area contributed by atoms with E-state index in [4.69, 9.17) is 9.72 Å². The predicted octanol–water partition coefficient (Wildman–Crippen LogP) is 4.27. The van der Waals surface area contributed by atoms with Gasteiger partial charge in [-0.2, -0.15) is 0 Å². The van der Waals surface area contributed by atoms with Crippen LogP contribution in [0, 0.1) is 18.8 Å². The molecular formula is C22H23NO3S. The quantitative estimate of drug-likeness (QED) is 0.745. The minimum Gasteiger partial charge on any atom is -0.373 e. The molecule has 3 unspecified atom stereocenters. The normalized spacial score (nSPS) is 31.9. The molecule has 27 heavy (non-hydrogen) atoms. The molecule has 1 aromatic heterocycles. The van der Waals surface area contributed by atoms with Gasteiger partial charge in [0.05, 0.1) is 29.7 Å². The van der Waals surface area contributed by atoms with E-state index in [1.165, 1.54) is 5.56 Å². The molecule has 1 aromatic carbocycles. The number of rotatable bonds is 3. The van der Waals surface area contributed by atoms with Gasteiger partial charge in [0.15, 0.2) is 11.6 Å². The molecule has 2 aromatic rings. The Balaban J connectivity index is 1.48. The molecule has 3 heterocycles. The number of thiazole rings is 1. The van der Waals surface area contributed by atoms with Gasteiger partial charge in [-0.25, -0.2) is 4.98 Å². The highest BCUT2D eigenvalue weighted by atomic mass is 32.1. The lowest BCUT2D eigenvalue weighted by Gasteiger charge is -2.16. The number of fused-ring (bicyclic) bond motifs is 5. The second-order valence-corrected chi connectivity index (χ2v) is 9.52. The number of nitrogens with zero attached hydrogens (tertiary/aromatic N) is 1. The van der Waals surface area contributed by atoms with E-state index in [2.05, 4.69) is 38.1 Å². The van der Waals surface area contributed by atoms with Crippen molar-refractivity contribution in [1.29, 1.82) is 0 Å². The van der Waals surface area contributed by atoms with E-state index in [0.29, 0.717) is 11.6 Å². The van der Waals surface area contributed by atoms with Gasteiger partial charge < -0.3 is 4.74 Å². The highest BCUT2D eigenvalue weighted by Crippen LogP contribution is 2.52. The van der Waals surface area contributed by atoms with Crippen LogP contribution in [-0.4, -0.2) is 28.8 Å². The second-order valence-electron chi connectivity index (χ2n) is 8.32. The predicted molar refractivity (Wildman–Crippen MR) is 104 cm³/mol. The lowest BCUT2D eigenvalue weighted by Crippen LogP contribution is -2.29. The van der Waals surface area contributed by atoms with Crippen molar-refractivity contribution in [3.05, 3.63) is 40.4 Å². The minimum absolute atomic E-state index is 0.0345. The molecule has 5 atom stereocenters. The number of aromatic nitrogens is 1. The van der Waals surface area contributed by atoms with Gasteiger partial charge in [0, 0.05) is 10.4 Å². The number of Topliss-reactive ketones (excluding diaryl/α,β-unsaturated/α-hetero) is 2. The van der Waals surface area contributed by atoms with Gasteiger partial charge in [0.1, 0.15) is 10.9 Å². The largest absolute Gasteiger partial charge is 0.373 e. The topological polar surface area (TPSA) is 56.3 Å². The Morgan fingerprint density at radius 3 is 2.19 bits per heavy atom. The number of aryl methyl sites for hydroxylation is 1. The molecule has 1 aliphatic carbocycles. The highest BCUT2D eigenvalue weighted by Gasteiger charge is 2.63. The Morgan fingerprint density at radius 1 is 1.04 bits per heavy atom. The maximum Gasteiger partial charge on any atom is 0.155 e. The number of hydrogen-bond acceptors (Lipinski definition) is 5. The first-order chi connectivity index (χ1) is 13.0. The zero-order chi connectivity index (χ0) is 18.9. The van der Waals surface area contributed by atoms with Crippen LogP contribution in [0.2, 0.25) is 0 Å². The molecule has 1 saturated carbocycles. The molecule has 0 N–H and O–H groups in total. The van der Waals surface area contributed by atoms with E-state index in [-0.39, 0.29) is 35.6 Å². The molecule has 0 spiro atoms. The lowest BCUT2D eigenvalue weighted by molar-refractivity contribution is -0.127. The average Bonchev–Trinajstić information content (AvgIpc) is 3.40. The third kappa shape index (κ3) is 2.48. The Morgan fingerprint density at radius 2 is 1.63 bits per heavy atom. The van der Waals surface area contributed by atoms with Crippen LogP contribution in [0.1, 0.15) is 54.7 Å². The first-order valence-electron chi connectivity index (χ1n) is 9.76. The van der Waals surface area contributed by atoms with Crippen LogP contribution in [0.4, 0.5) is 0 Å². The van der Waals surface area contributed by atoms with Gasteiger partial charge in [-0.1, -0.05) is 38.1 Å². The van der Waals surface area contributed by atoms with Crippen LogP contribution in [0.5, 0.6) is 0 Å². The molecule has 5 heteroatoms. The van der Waals surface area contributed by atoms with Crippen molar-refractivity contribution in [2.45, 2.75) is 57.7 Å². The van der Waals surface area contributed by atoms with Crippen molar-refractivity contribution in [3.8, 4) is 10.6 Å². The SMILES string of the molecule is Cc1sc(-c2ccc(C(C)C)cc2)nc1C1C(=O)[C@@H]2C3CCC(O3)[C@@H]2C1=O. The third-order valence-electron chi connectivity index (χ3n) is 6.43. The number of benzene rings is 1. The number of ketones is 2. The summed E-state index contributed by atoms with van der Waals surface area (Å²) >= 11 is 1.57. The third-order valence-corrected chi connectivity index (χ3v) is 7.47. The summed E-state index contributed by atoms with van der Waals surface area (Å²) in [5.41, 5.74) is 3.00. The summed E-state index contributed by atoms with van der Waals surface area (Å²) in [7, 11) is 0. The van der Waals surface area contributed by atoms with E-state index in [1.54, 1.807) is 11.3 Å². The number of ether oxygens (including phenoxy) is 1. The molecule has 0 radical (unpaired) electrons. The molecule has 2 bridgehead atoms. The number of hydrogen-bond donors (Lipinski definition) is 0. The molecule has 5 rings (SSSR count). The summed E-state index contributed by atoms with van der Waals surface area (Å²) in [6.45, 7) is 6.32. The van der Waals surface area contributed by atoms with E-state index in [9.17, 15) is 9.59 Å². The minimum atomic E-state index is -0.688. The fraction of sp³-hybridized carbons (Fsp3) is 0.500. The molecule has 2 aliphatic heterocycles. The second kappa shape index (κ2) is 6.08. The Bertz CT molecular complexity index is 902. The van der Waals surface area contributed by atoms with Crippen LogP contribution in [-0.2, 0) is 14.3 Å². The molecule has 0 amide bonds. The Kier molecular flexibility index (Phi) is 3.89.